The summed E-state index contributed by atoms with van der Waals surface area (Å²) in [4.78, 5) is 4.43. The van der Waals surface area contributed by atoms with Crippen LogP contribution in [0.1, 0.15) is 24.5 Å². The fourth-order valence-corrected chi connectivity index (χ4v) is 1.54. The summed E-state index contributed by atoms with van der Waals surface area (Å²) in [6.45, 7) is 2.71. The molecule has 0 aromatic heterocycles. The minimum absolute atomic E-state index is 0.242. The molecule has 1 heterocycles. The van der Waals surface area contributed by atoms with Crippen LogP contribution in [0.15, 0.2) is 29.3 Å². The quantitative estimate of drug-likeness (QED) is 0.734. The minimum atomic E-state index is 0.242. The predicted octanol–water partition coefficient (Wildman–Crippen LogP) is 2.11. The average Bonchev–Trinajstić information content (AvgIpc) is 2.77. The second kappa shape index (κ2) is 4.14. The highest BCUT2D eigenvalue weighted by atomic mass is 16.5. The van der Waals surface area contributed by atoms with Crippen LogP contribution >= 0.6 is 0 Å². The predicted molar refractivity (Wildman–Crippen MR) is 57.7 cm³/mol. The van der Waals surface area contributed by atoms with E-state index in [1.165, 1.54) is 0 Å². The molecular formula is C12H12N2O. The third-order valence-corrected chi connectivity index (χ3v) is 2.46. The van der Waals surface area contributed by atoms with Crippen molar-refractivity contribution in [3.05, 3.63) is 35.4 Å². The zero-order chi connectivity index (χ0) is 10.7. The van der Waals surface area contributed by atoms with E-state index in [0.717, 1.165) is 12.0 Å². The van der Waals surface area contributed by atoms with Gasteiger partial charge in [0.25, 0.3) is 0 Å². The van der Waals surface area contributed by atoms with E-state index < -0.39 is 0 Å². The highest BCUT2D eigenvalue weighted by Gasteiger charge is 2.20. The minimum Gasteiger partial charge on any atom is -0.475 e. The average molecular weight is 200 g/mol. The molecule has 0 unspecified atom stereocenters. The van der Waals surface area contributed by atoms with Gasteiger partial charge < -0.3 is 4.74 Å². The Morgan fingerprint density at radius 3 is 3.00 bits per heavy atom. The topological polar surface area (TPSA) is 45.4 Å². The lowest BCUT2D eigenvalue weighted by Gasteiger charge is -2.02. The van der Waals surface area contributed by atoms with Crippen LogP contribution in [-0.2, 0) is 4.74 Å². The summed E-state index contributed by atoms with van der Waals surface area (Å²) >= 11 is 0. The lowest BCUT2D eigenvalue weighted by molar-refractivity contribution is 0.315. The molecule has 0 bridgehead atoms. The molecule has 3 nitrogen and oxygen atoms in total. The van der Waals surface area contributed by atoms with Crippen LogP contribution in [-0.4, -0.2) is 18.5 Å². The number of nitriles is 1. The Hall–Kier alpha value is -1.82. The number of hydrogen-bond acceptors (Lipinski definition) is 3. The van der Waals surface area contributed by atoms with E-state index in [4.69, 9.17) is 10.00 Å². The molecular weight excluding hydrogens is 188 g/mol. The first kappa shape index (κ1) is 9.72. The number of nitrogens with zero attached hydrogens (tertiary/aromatic N) is 2. The molecule has 15 heavy (non-hydrogen) atoms. The standard InChI is InChI=1S/C12H12N2O/c1-2-10-8-15-12(14-10)11-6-4-3-5-9(11)7-13/h3-6,10H,2,8H2,1H3/t10-/m1/s1. The fourth-order valence-electron chi connectivity index (χ4n) is 1.54. The third kappa shape index (κ3) is 1.84. The van der Waals surface area contributed by atoms with Crippen LogP contribution in [0, 0.1) is 11.3 Å². The van der Waals surface area contributed by atoms with Crippen molar-refractivity contribution >= 4 is 5.90 Å². The molecule has 76 valence electrons. The number of aliphatic imine (C=N–C) groups is 1. The van der Waals surface area contributed by atoms with E-state index in [9.17, 15) is 0 Å². The van der Waals surface area contributed by atoms with Gasteiger partial charge in [-0.1, -0.05) is 19.1 Å². The van der Waals surface area contributed by atoms with Crippen LogP contribution in [0.4, 0.5) is 0 Å². The summed E-state index contributed by atoms with van der Waals surface area (Å²) in [6.07, 6.45) is 0.970. The molecule has 2 rings (SSSR count). The van der Waals surface area contributed by atoms with Crippen molar-refractivity contribution in [1.82, 2.24) is 0 Å². The van der Waals surface area contributed by atoms with Crippen molar-refractivity contribution in [2.24, 2.45) is 4.99 Å². The Bertz CT molecular complexity index is 431. The third-order valence-electron chi connectivity index (χ3n) is 2.46. The van der Waals surface area contributed by atoms with Crippen molar-refractivity contribution in [2.75, 3.05) is 6.61 Å². The van der Waals surface area contributed by atoms with Crippen molar-refractivity contribution in [3.63, 3.8) is 0 Å². The van der Waals surface area contributed by atoms with Crippen LogP contribution < -0.4 is 0 Å². The van der Waals surface area contributed by atoms with Crippen LogP contribution in [0.3, 0.4) is 0 Å². The Balaban J connectivity index is 2.35. The summed E-state index contributed by atoms with van der Waals surface area (Å²) in [5, 5.41) is 8.94. The Kier molecular flexibility index (Phi) is 2.68. The van der Waals surface area contributed by atoms with E-state index in [-0.39, 0.29) is 6.04 Å². The molecule has 1 aromatic carbocycles. The Labute approximate surface area is 89.0 Å². The molecule has 0 saturated carbocycles. The second-order valence-corrected chi connectivity index (χ2v) is 3.46. The zero-order valence-electron chi connectivity index (χ0n) is 8.60. The summed E-state index contributed by atoms with van der Waals surface area (Å²) < 4.78 is 5.48. The fraction of sp³-hybridized carbons (Fsp3) is 0.333. The van der Waals surface area contributed by atoms with Gasteiger partial charge in [0, 0.05) is 0 Å². The van der Waals surface area contributed by atoms with Gasteiger partial charge >= 0.3 is 0 Å². The van der Waals surface area contributed by atoms with Crippen LogP contribution in [0.2, 0.25) is 0 Å². The van der Waals surface area contributed by atoms with E-state index in [1.807, 2.05) is 18.2 Å². The van der Waals surface area contributed by atoms with Gasteiger partial charge in [0.2, 0.25) is 5.90 Å². The van der Waals surface area contributed by atoms with E-state index in [1.54, 1.807) is 6.07 Å². The maximum atomic E-state index is 8.94. The van der Waals surface area contributed by atoms with Crippen molar-refractivity contribution in [2.45, 2.75) is 19.4 Å². The molecule has 1 aliphatic heterocycles. The normalized spacial score (nSPS) is 19.2. The van der Waals surface area contributed by atoms with Gasteiger partial charge in [-0.15, -0.1) is 0 Å². The largest absolute Gasteiger partial charge is 0.475 e. The molecule has 0 aliphatic carbocycles. The number of benzene rings is 1. The van der Waals surface area contributed by atoms with Crippen molar-refractivity contribution < 1.29 is 4.74 Å². The first-order valence-corrected chi connectivity index (χ1v) is 5.05. The molecule has 0 fully saturated rings. The summed E-state index contributed by atoms with van der Waals surface area (Å²) in [5.41, 5.74) is 1.42. The molecule has 3 heteroatoms. The lowest BCUT2D eigenvalue weighted by atomic mass is 10.1. The maximum Gasteiger partial charge on any atom is 0.217 e. The molecule has 1 aromatic rings. The SMILES string of the molecule is CC[C@@H]1COC(c2ccccc2C#N)=N1. The molecule has 0 amide bonds. The molecule has 0 saturated heterocycles. The Morgan fingerprint density at radius 1 is 1.53 bits per heavy atom. The van der Waals surface area contributed by atoms with Gasteiger partial charge in [-0.05, 0) is 18.6 Å². The summed E-state index contributed by atoms with van der Waals surface area (Å²) in [6, 6.07) is 9.77. The van der Waals surface area contributed by atoms with E-state index in [2.05, 4.69) is 18.0 Å². The van der Waals surface area contributed by atoms with Gasteiger partial charge in [-0.2, -0.15) is 5.26 Å². The number of rotatable bonds is 2. The molecule has 0 spiro atoms. The molecule has 1 aliphatic rings. The first-order chi connectivity index (χ1) is 7.35. The van der Waals surface area contributed by atoms with Crippen LogP contribution in [0.5, 0.6) is 0 Å². The monoisotopic (exact) mass is 200 g/mol. The molecule has 0 N–H and O–H groups in total. The first-order valence-electron chi connectivity index (χ1n) is 5.05. The molecule has 1 atom stereocenters. The highest BCUT2D eigenvalue weighted by Crippen LogP contribution is 2.16. The van der Waals surface area contributed by atoms with E-state index >= 15 is 0 Å². The Morgan fingerprint density at radius 2 is 2.33 bits per heavy atom. The summed E-state index contributed by atoms with van der Waals surface area (Å²) in [7, 11) is 0. The number of hydrogen-bond donors (Lipinski definition) is 0. The zero-order valence-corrected chi connectivity index (χ0v) is 8.60. The smallest absolute Gasteiger partial charge is 0.217 e. The number of ether oxygens (including phenoxy) is 1. The van der Waals surface area contributed by atoms with Gasteiger partial charge in [0.1, 0.15) is 6.61 Å². The second-order valence-electron chi connectivity index (χ2n) is 3.46. The lowest BCUT2D eigenvalue weighted by Crippen LogP contribution is -2.04. The molecule has 0 radical (unpaired) electrons. The van der Waals surface area contributed by atoms with Crippen molar-refractivity contribution in [3.8, 4) is 6.07 Å². The van der Waals surface area contributed by atoms with Gasteiger partial charge in [-0.25, -0.2) is 4.99 Å². The van der Waals surface area contributed by atoms with Gasteiger partial charge in [-0.3, -0.25) is 0 Å². The van der Waals surface area contributed by atoms with Gasteiger partial charge in [0.05, 0.1) is 23.2 Å². The highest BCUT2D eigenvalue weighted by molar-refractivity contribution is 5.97. The van der Waals surface area contributed by atoms with Crippen molar-refractivity contribution in [1.29, 1.82) is 5.26 Å². The van der Waals surface area contributed by atoms with E-state index in [0.29, 0.717) is 18.1 Å². The summed E-state index contributed by atoms with van der Waals surface area (Å²) in [5.74, 6) is 0.610. The van der Waals surface area contributed by atoms with Gasteiger partial charge in [0.15, 0.2) is 0 Å². The maximum absolute atomic E-state index is 8.94. The van der Waals surface area contributed by atoms with Crippen LogP contribution in [0.25, 0.3) is 0 Å².